The van der Waals surface area contributed by atoms with Crippen LogP contribution in [0.15, 0.2) is 12.4 Å². The average Bonchev–Trinajstić information content (AvgIpc) is 2.77. The van der Waals surface area contributed by atoms with Crippen LogP contribution in [0.25, 0.3) is 0 Å². The summed E-state index contributed by atoms with van der Waals surface area (Å²) in [5.41, 5.74) is 1.11. The summed E-state index contributed by atoms with van der Waals surface area (Å²) in [4.78, 5) is 8.60. The largest absolute Gasteiger partial charge is 0.367 e. The lowest BCUT2D eigenvalue weighted by Gasteiger charge is -2.14. The van der Waals surface area contributed by atoms with Crippen LogP contribution in [-0.4, -0.2) is 27.5 Å². The number of nitrogens with one attached hydrogen (secondary N) is 1. The molecule has 0 radical (unpaired) electrons. The van der Waals surface area contributed by atoms with Gasteiger partial charge in [0.25, 0.3) is 0 Å². The molecule has 2 atom stereocenters. The van der Waals surface area contributed by atoms with Gasteiger partial charge in [-0.2, -0.15) is 11.8 Å². The number of nitrogens with zero attached hydrogens (tertiary/aromatic N) is 2. The second-order valence-electron chi connectivity index (χ2n) is 4.99. The molecule has 1 aromatic heterocycles. The van der Waals surface area contributed by atoms with Gasteiger partial charge in [-0.25, -0.2) is 9.97 Å². The van der Waals surface area contributed by atoms with Crippen molar-refractivity contribution in [2.24, 2.45) is 0 Å². The van der Waals surface area contributed by atoms with Gasteiger partial charge in [0.2, 0.25) is 0 Å². The lowest BCUT2D eigenvalue weighted by atomic mass is 10.1. The normalized spacial score (nSPS) is 24.2. The van der Waals surface area contributed by atoms with Gasteiger partial charge >= 0.3 is 0 Å². The summed E-state index contributed by atoms with van der Waals surface area (Å²) < 4.78 is 0. The van der Waals surface area contributed by atoms with Gasteiger partial charge in [0.15, 0.2) is 0 Å². The molecular formula is C13H21N3S. The van der Waals surface area contributed by atoms with Crippen molar-refractivity contribution in [1.29, 1.82) is 0 Å². The minimum atomic E-state index is 0.459. The van der Waals surface area contributed by atoms with E-state index in [1.54, 1.807) is 6.33 Å². The van der Waals surface area contributed by atoms with E-state index in [9.17, 15) is 0 Å². The van der Waals surface area contributed by atoms with E-state index in [0.29, 0.717) is 12.0 Å². The van der Waals surface area contributed by atoms with Crippen LogP contribution in [0.5, 0.6) is 0 Å². The molecule has 1 saturated carbocycles. The van der Waals surface area contributed by atoms with E-state index in [4.69, 9.17) is 0 Å². The SMILES string of the molecule is CSC1CCC(Nc2cc(C(C)C)ncn2)C1. The lowest BCUT2D eigenvalue weighted by Crippen LogP contribution is -2.17. The number of hydrogen-bond acceptors (Lipinski definition) is 4. The highest BCUT2D eigenvalue weighted by Gasteiger charge is 2.23. The third-order valence-electron chi connectivity index (χ3n) is 3.35. The molecule has 2 rings (SSSR count). The monoisotopic (exact) mass is 251 g/mol. The van der Waals surface area contributed by atoms with Crippen LogP contribution in [0.3, 0.4) is 0 Å². The zero-order valence-corrected chi connectivity index (χ0v) is 11.6. The molecule has 3 nitrogen and oxygen atoms in total. The van der Waals surface area contributed by atoms with Crippen LogP contribution >= 0.6 is 11.8 Å². The van der Waals surface area contributed by atoms with Crippen molar-refractivity contribution in [1.82, 2.24) is 9.97 Å². The van der Waals surface area contributed by atoms with Gasteiger partial charge in [0, 0.05) is 23.1 Å². The maximum absolute atomic E-state index is 4.31. The van der Waals surface area contributed by atoms with E-state index in [1.807, 2.05) is 11.8 Å². The highest BCUT2D eigenvalue weighted by atomic mass is 32.2. The number of rotatable bonds is 4. The number of hydrogen-bond donors (Lipinski definition) is 1. The summed E-state index contributed by atoms with van der Waals surface area (Å²) in [5, 5.41) is 4.35. The summed E-state index contributed by atoms with van der Waals surface area (Å²) >= 11 is 1.98. The molecule has 94 valence electrons. The first-order valence-electron chi connectivity index (χ1n) is 6.30. The van der Waals surface area contributed by atoms with E-state index in [0.717, 1.165) is 16.8 Å². The van der Waals surface area contributed by atoms with E-state index in [2.05, 4.69) is 41.5 Å². The fourth-order valence-electron chi connectivity index (χ4n) is 2.26. The molecule has 1 aliphatic rings. The summed E-state index contributed by atoms with van der Waals surface area (Å²) in [6, 6.07) is 2.67. The van der Waals surface area contributed by atoms with E-state index in [1.165, 1.54) is 19.3 Å². The molecular weight excluding hydrogens is 230 g/mol. The zero-order chi connectivity index (χ0) is 12.3. The van der Waals surface area contributed by atoms with Crippen LogP contribution in [0.1, 0.15) is 44.7 Å². The maximum Gasteiger partial charge on any atom is 0.129 e. The standard InChI is InChI=1S/C13H21N3S/c1-9(2)12-7-13(15-8-14-12)16-10-4-5-11(6-10)17-3/h7-11H,4-6H2,1-3H3,(H,14,15,16). The lowest BCUT2D eigenvalue weighted by molar-refractivity contribution is 0.746. The third kappa shape index (κ3) is 3.35. The summed E-state index contributed by atoms with van der Waals surface area (Å²) in [6.07, 6.45) is 7.70. The van der Waals surface area contributed by atoms with Gasteiger partial charge in [-0.3, -0.25) is 0 Å². The van der Waals surface area contributed by atoms with Crippen LogP contribution < -0.4 is 5.32 Å². The Bertz CT molecular complexity index is 367. The average molecular weight is 251 g/mol. The van der Waals surface area contributed by atoms with E-state index < -0.39 is 0 Å². The minimum absolute atomic E-state index is 0.459. The van der Waals surface area contributed by atoms with Crippen LogP contribution in [-0.2, 0) is 0 Å². The van der Waals surface area contributed by atoms with Crippen LogP contribution in [0.4, 0.5) is 5.82 Å². The van der Waals surface area contributed by atoms with Crippen LogP contribution in [0.2, 0.25) is 0 Å². The van der Waals surface area contributed by atoms with E-state index >= 15 is 0 Å². The van der Waals surface area contributed by atoms with Crippen molar-refractivity contribution < 1.29 is 0 Å². The van der Waals surface area contributed by atoms with Gasteiger partial charge in [0.05, 0.1) is 0 Å². The van der Waals surface area contributed by atoms with Crippen LogP contribution in [0, 0.1) is 0 Å². The maximum atomic E-state index is 4.31. The molecule has 0 saturated heterocycles. The smallest absolute Gasteiger partial charge is 0.129 e. The quantitative estimate of drug-likeness (QED) is 0.891. The Balaban J connectivity index is 1.97. The first-order valence-corrected chi connectivity index (χ1v) is 7.59. The molecule has 1 heterocycles. The molecule has 17 heavy (non-hydrogen) atoms. The number of thioether (sulfide) groups is 1. The minimum Gasteiger partial charge on any atom is -0.367 e. The van der Waals surface area contributed by atoms with Gasteiger partial charge in [0.1, 0.15) is 12.1 Å². The fraction of sp³-hybridized carbons (Fsp3) is 0.692. The summed E-state index contributed by atoms with van der Waals surface area (Å²) in [7, 11) is 0. The van der Waals surface area contributed by atoms with Crippen molar-refractivity contribution in [2.45, 2.75) is 50.3 Å². The highest BCUT2D eigenvalue weighted by Crippen LogP contribution is 2.30. The second-order valence-corrected chi connectivity index (χ2v) is 6.13. The Labute approximate surface area is 108 Å². The number of anilines is 1. The molecule has 1 fully saturated rings. The van der Waals surface area contributed by atoms with Crippen molar-refractivity contribution in [3.8, 4) is 0 Å². The van der Waals surface area contributed by atoms with Crippen molar-refractivity contribution in [3.63, 3.8) is 0 Å². The molecule has 0 amide bonds. The van der Waals surface area contributed by atoms with Gasteiger partial charge < -0.3 is 5.32 Å². The molecule has 2 unspecified atom stereocenters. The number of aromatic nitrogens is 2. The zero-order valence-electron chi connectivity index (χ0n) is 10.8. The topological polar surface area (TPSA) is 37.8 Å². The Morgan fingerprint density at radius 1 is 1.35 bits per heavy atom. The molecule has 4 heteroatoms. The van der Waals surface area contributed by atoms with Gasteiger partial charge in [-0.05, 0) is 31.4 Å². The van der Waals surface area contributed by atoms with Crippen molar-refractivity contribution in [2.75, 3.05) is 11.6 Å². The fourth-order valence-corrected chi connectivity index (χ4v) is 3.06. The molecule has 0 aromatic carbocycles. The highest BCUT2D eigenvalue weighted by molar-refractivity contribution is 7.99. The van der Waals surface area contributed by atoms with Gasteiger partial charge in [-0.1, -0.05) is 13.8 Å². The Kier molecular flexibility index (Phi) is 4.26. The molecule has 1 aromatic rings. The Morgan fingerprint density at radius 3 is 2.82 bits per heavy atom. The second kappa shape index (κ2) is 5.71. The van der Waals surface area contributed by atoms with E-state index in [-0.39, 0.29) is 0 Å². The molecule has 0 bridgehead atoms. The first kappa shape index (κ1) is 12.7. The third-order valence-corrected chi connectivity index (χ3v) is 4.44. The Hall–Kier alpha value is -0.770. The van der Waals surface area contributed by atoms with Gasteiger partial charge in [-0.15, -0.1) is 0 Å². The summed E-state index contributed by atoms with van der Waals surface area (Å²) in [6.45, 7) is 4.32. The molecule has 1 aliphatic carbocycles. The molecule has 0 aliphatic heterocycles. The van der Waals surface area contributed by atoms with Crippen molar-refractivity contribution >= 4 is 17.6 Å². The van der Waals surface area contributed by atoms with Crippen molar-refractivity contribution in [3.05, 3.63) is 18.1 Å². The summed E-state index contributed by atoms with van der Waals surface area (Å²) in [5.74, 6) is 1.44. The predicted octanol–water partition coefficient (Wildman–Crippen LogP) is 3.30. The predicted molar refractivity (Wildman–Crippen MR) is 74.7 cm³/mol. The molecule has 0 spiro atoms. The Morgan fingerprint density at radius 2 is 2.18 bits per heavy atom. The molecule has 1 N–H and O–H groups in total. The first-order chi connectivity index (χ1) is 8.19.